The normalized spacial score (nSPS) is 10.5. The lowest BCUT2D eigenvalue weighted by Gasteiger charge is -2.00. The number of carbonyl (C=O) groups is 1. The predicted molar refractivity (Wildman–Crippen MR) is 65.9 cm³/mol. The summed E-state index contributed by atoms with van der Waals surface area (Å²) in [6.45, 7) is 2.39. The number of aryl methyl sites for hydroxylation is 1. The van der Waals surface area contributed by atoms with E-state index in [9.17, 15) is 4.79 Å². The van der Waals surface area contributed by atoms with Crippen LogP contribution in [-0.2, 0) is 13.0 Å². The summed E-state index contributed by atoms with van der Waals surface area (Å²) in [5, 5.41) is 0. The van der Waals surface area contributed by atoms with Crippen LogP contribution in [0.5, 0.6) is 0 Å². The van der Waals surface area contributed by atoms with Gasteiger partial charge in [0.1, 0.15) is 5.76 Å². The van der Waals surface area contributed by atoms with Gasteiger partial charge in [0.05, 0.1) is 6.54 Å². The first kappa shape index (κ1) is 11.6. The minimum Gasteiger partial charge on any atom is -0.456 e. The van der Waals surface area contributed by atoms with Crippen molar-refractivity contribution in [3.05, 3.63) is 59.0 Å². The van der Waals surface area contributed by atoms with Gasteiger partial charge in [-0.2, -0.15) is 0 Å². The SMILES string of the molecule is CCc1ccc(C(=O)c2ccc(CN)o2)cc1. The summed E-state index contributed by atoms with van der Waals surface area (Å²) in [6, 6.07) is 11.0. The van der Waals surface area contributed by atoms with E-state index in [2.05, 4.69) is 6.92 Å². The zero-order chi connectivity index (χ0) is 12.3. The third-order valence-electron chi connectivity index (χ3n) is 2.71. The van der Waals surface area contributed by atoms with Gasteiger partial charge in [0.2, 0.25) is 5.78 Å². The molecule has 3 heteroatoms. The Morgan fingerprint density at radius 3 is 2.41 bits per heavy atom. The quantitative estimate of drug-likeness (QED) is 0.819. The molecular weight excluding hydrogens is 214 g/mol. The smallest absolute Gasteiger partial charge is 0.228 e. The second kappa shape index (κ2) is 4.97. The molecule has 0 aliphatic rings. The molecule has 0 aliphatic heterocycles. The van der Waals surface area contributed by atoms with Gasteiger partial charge in [-0.3, -0.25) is 4.79 Å². The summed E-state index contributed by atoms with van der Waals surface area (Å²) >= 11 is 0. The number of hydrogen-bond acceptors (Lipinski definition) is 3. The third kappa shape index (κ3) is 2.45. The standard InChI is InChI=1S/C14H15NO2/c1-2-10-3-5-11(6-4-10)14(16)13-8-7-12(9-15)17-13/h3-8H,2,9,15H2,1H3. The van der Waals surface area contributed by atoms with Crippen molar-refractivity contribution in [1.29, 1.82) is 0 Å². The molecule has 2 aromatic rings. The first-order valence-electron chi connectivity index (χ1n) is 5.67. The Hall–Kier alpha value is -1.87. The number of furan rings is 1. The van der Waals surface area contributed by atoms with Crippen molar-refractivity contribution in [3.63, 3.8) is 0 Å². The highest BCUT2D eigenvalue weighted by Gasteiger charge is 2.12. The summed E-state index contributed by atoms with van der Waals surface area (Å²) in [6.07, 6.45) is 0.965. The molecule has 0 amide bonds. The second-order valence-corrected chi connectivity index (χ2v) is 3.85. The maximum absolute atomic E-state index is 12.0. The average Bonchev–Trinajstić information content (AvgIpc) is 2.87. The third-order valence-corrected chi connectivity index (χ3v) is 2.71. The van der Waals surface area contributed by atoms with Crippen molar-refractivity contribution in [1.82, 2.24) is 0 Å². The van der Waals surface area contributed by atoms with E-state index < -0.39 is 0 Å². The molecule has 0 fully saturated rings. The minimum absolute atomic E-state index is 0.104. The van der Waals surface area contributed by atoms with Crippen LogP contribution in [0.15, 0.2) is 40.8 Å². The first-order chi connectivity index (χ1) is 8.24. The van der Waals surface area contributed by atoms with Crippen molar-refractivity contribution in [2.45, 2.75) is 19.9 Å². The van der Waals surface area contributed by atoms with Gasteiger partial charge in [-0.25, -0.2) is 0 Å². The maximum atomic E-state index is 12.0. The average molecular weight is 229 g/mol. The molecule has 0 saturated carbocycles. The monoisotopic (exact) mass is 229 g/mol. The lowest BCUT2D eigenvalue weighted by atomic mass is 10.1. The second-order valence-electron chi connectivity index (χ2n) is 3.85. The van der Waals surface area contributed by atoms with Gasteiger partial charge in [-0.15, -0.1) is 0 Å². The van der Waals surface area contributed by atoms with Crippen LogP contribution in [0.4, 0.5) is 0 Å². The molecule has 2 rings (SSSR count). The molecule has 17 heavy (non-hydrogen) atoms. The first-order valence-corrected chi connectivity index (χ1v) is 5.67. The summed E-state index contributed by atoms with van der Waals surface area (Å²) in [5.41, 5.74) is 7.29. The molecule has 0 unspecified atom stereocenters. The van der Waals surface area contributed by atoms with E-state index in [4.69, 9.17) is 10.2 Å². The van der Waals surface area contributed by atoms with E-state index in [0.29, 0.717) is 23.6 Å². The fourth-order valence-electron chi connectivity index (χ4n) is 1.64. The van der Waals surface area contributed by atoms with Gasteiger partial charge in [0.25, 0.3) is 0 Å². The summed E-state index contributed by atoms with van der Waals surface area (Å²) in [5.74, 6) is 0.862. The number of nitrogens with two attached hydrogens (primary N) is 1. The fraction of sp³-hybridized carbons (Fsp3) is 0.214. The molecule has 1 aromatic heterocycles. The van der Waals surface area contributed by atoms with E-state index in [1.807, 2.05) is 24.3 Å². The number of carbonyl (C=O) groups excluding carboxylic acids is 1. The van der Waals surface area contributed by atoms with Gasteiger partial charge in [-0.1, -0.05) is 31.2 Å². The molecule has 2 N–H and O–H groups in total. The van der Waals surface area contributed by atoms with Gasteiger partial charge in [0, 0.05) is 5.56 Å². The molecule has 0 radical (unpaired) electrons. The maximum Gasteiger partial charge on any atom is 0.228 e. The van der Waals surface area contributed by atoms with Crippen LogP contribution in [0.25, 0.3) is 0 Å². The van der Waals surface area contributed by atoms with Crippen molar-refractivity contribution in [2.24, 2.45) is 5.73 Å². The number of ketones is 1. The number of benzene rings is 1. The molecule has 1 aromatic carbocycles. The zero-order valence-electron chi connectivity index (χ0n) is 9.77. The van der Waals surface area contributed by atoms with E-state index in [-0.39, 0.29) is 5.78 Å². The molecule has 0 aliphatic carbocycles. The summed E-state index contributed by atoms with van der Waals surface area (Å²) in [7, 11) is 0. The van der Waals surface area contributed by atoms with Crippen LogP contribution >= 0.6 is 0 Å². The minimum atomic E-state index is -0.104. The highest BCUT2D eigenvalue weighted by molar-refractivity contribution is 6.07. The predicted octanol–water partition coefficient (Wildman–Crippen LogP) is 2.53. The lowest BCUT2D eigenvalue weighted by molar-refractivity contribution is 0.101. The van der Waals surface area contributed by atoms with Gasteiger partial charge in [0.15, 0.2) is 5.76 Å². The van der Waals surface area contributed by atoms with E-state index >= 15 is 0 Å². The van der Waals surface area contributed by atoms with Gasteiger partial charge < -0.3 is 10.2 Å². The molecule has 88 valence electrons. The summed E-state index contributed by atoms with van der Waals surface area (Å²) < 4.78 is 5.33. The van der Waals surface area contributed by atoms with Crippen LogP contribution in [0.1, 0.15) is 34.4 Å². The molecule has 0 atom stereocenters. The van der Waals surface area contributed by atoms with Crippen LogP contribution in [-0.4, -0.2) is 5.78 Å². The number of hydrogen-bond donors (Lipinski definition) is 1. The highest BCUT2D eigenvalue weighted by Crippen LogP contribution is 2.14. The van der Waals surface area contributed by atoms with Gasteiger partial charge >= 0.3 is 0 Å². The Kier molecular flexibility index (Phi) is 3.40. The van der Waals surface area contributed by atoms with Crippen LogP contribution < -0.4 is 5.73 Å². The van der Waals surface area contributed by atoms with Gasteiger partial charge in [-0.05, 0) is 24.1 Å². The molecule has 0 spiro atoms. The van der Waals surface area contributed by atoms with E-state index in [1.54, 1.807) is 12.1 Å². The van der Waals surface area contributed by atoms with E-state index in [0.717, 1.165) is 6.42 Å². The van der Waals surface area contributed by atoms with E-state index in [1.165, 1.54) is 5.56 Å². The number of rotatable bonds is 4. The Labute approximate surface area is 100 Å². The lowest BCUT2D eigenvalue weighted by Crippen LogP contribution is -2.00. The zero-order valence-corrected chi connectivity index (χ0v) is 9.77. The highest BCUT2D eigenvalue weighted by atomic mass is 16.3. The van der Waals surface area contributed by atoms with Crippen molar-refractivity contribution >= 4 is 5.78 Å². The van der Waals surface area contributed by atoms with Crippen LogP contribution in [0.3, 0.4) is 0 Å². The Balaban J connectivity index is 2.23. The van der Waals surface area contributed by atoms with Crippen molar-refractivity contribution < 1.29 is 9.21 Å². The Morgan fingerprint density at radius 2 is 1.88 bits per heavy atom. The Bertz CT molecular complexity index is 511. The van der Waals surface area contributed by atoms with Crippen LogP contribution in [0, 0.1) is 0 Å². The molecule has 0 bridgehead atoms. The Morgan fingerprint density at radius 1 is 1.18 bits per heavy atom. The van der Waals surface area contributed by atoms with Crippen molar-refractivity contribution in [2.75, 3.05) is 0 Å². The summed E-state index contributed by atoms with van der Waals surface area (Å²) in [4.78, 5) is 12.0. The molecule has 3 nitrogen and oxygen atoms in total. The topological polar surface area (TPSA) is 56.2 Å². The molecular formula is C14H15NO2. The van der Waals surface area contributed by atoms with Crippen LogP contribution in [0.2, 0.25) is 0 Å². The molecule has 0 saturated heterocycles. The fourth-order valence-corrected chi connectivity index (χ4v) is 1.64. The largest absolute Gasteiger partial charge is 0.456 e. The molecule has 1 heterocycles. The van der Waals surface area contributed by atoms with Crippen molar-refractivity contribution in [3.8, 4) is 0 Å².